The van der Waals surface area contributed by atoms with E-state index in [1.165, 1.54) is 0 Å². The summed E-state index contributed by atoms with van der Waals surface area (Å²) in [5.74, 6) is 0. The molecule has 5 heavy (non-hydrogen) atoms. The SMILES string of the molecule is O=NNO.[Al]. The standard InChI is InChI=1S/Al.H2N2O2/c;3-1-2-4/h;(H,1,4)(H,2,3). The third-order valence-corrected chi connectivity index (χ3v) is 0.0408. The second-order valence-electron chi connectivity index (χ2n) is 0.191. The van der Waals surface area contributed by atoms with Crippen molar-refractivity contribution in [3.63, 3.8) is 0 Å². The van der Waals surface area contributed by atoms with Crippen molar-refractivity contribution < 1.29 is 5.21 Å². The van der Waals surface area contributed by atoms with Crippen LogP contribution in [0.1, 0.15) is 0 Å². The van der Waals surface area contributed by atoms with Crippen LogP contribution in [0.2, 0.25) is 0 Å². The number of nitrogens with zero attached hydrogens (tertiary/aromatic N) is 1. The van der Waals surface area contributed by atoms with E-state index >= 15 is 0 Å². The minimum atomic E-state index is 0. The Hall–Kier alpha value is -0.108. The Kier molecular flexibility index (Phi) is 16.1. The molecule has 4 nitrogen and oxygen atoms in total. The summed E-state index contributed by atoms with van der Waals surface area (Å²) in [6.45, 7) is 0. The molecule has 0 aromatic carbocycles. The molecular weight excluding hydrogens is 87.0 g/mol. The number of nitroso groups, excluding NO2 is 1. The van der Waals surface area contributed by atoms with Crippen molar-refractivity contribution in [3.8, 4) is 0 Å². The highest BCUT2D eigenvalue weighted by atomic mass is 27.0. The molecule has 0 aliphatic rings. The van der Waals surface area contributed by atoms with E-state index in [4.69, 9.17) is 10.1 Å². The first-order valence-electron chi connectivity index (χ1n) is 0.630. The number of nitrogens with one attached hydrogen (secondary N) is 1. The summed E-state index contributed by atoms with van der Waals surface area (Å²) in [5, 5.41) is 8.94. The Labute approximate surface area is 39.2 Å². The molecule has 0 fully saturated rings. The van der Waals surface area contributed by atoms with Gasteiger partial charge in [0.1, 0.15) is 0 Å². The molecule has 0 aromatic rings. The Bertz CT molecular complexity index is 21.6. The summed E-state index contributed by atoms with van der Waals surface area (Å²) in [6, 6.07) is 0. The molecule has 0 spiro atoms. The van der Waals surface area contributed by atoms with Gasteiger partial charge in [-0.25, -0.2) is 0 Å². The Balaban J connectivity index is 0. The molecule has 0 unspecified atom stereocenters. The molecule has 0 saturated carbocycles. The van der Waals surface area contributed by atoms with Crippen molar-refractivity contribution in [1.29, 1.82) is 0 Å². The van der Waals surface area contributed by atoms with E-state index < -0.39 is 0 Å². The average molecular weight is 89.0 g/mol. The van der Waals surface area contributed by atoms with Crippen LogP contribution in [-0.2, 0) is 0 Å². The smallest absolute Gasteiger partial charge is 0.0759 e. The average Bonchev–Trinajstić information content (AvgIpc) is 1.37. The molecular formula is H2AlN2O2. The Morgan fingerprint density at radius 3 is 2.00 bits per heavy atom. The molecule has 2 N–H and O–H groups in total. The summed E-state index contributed by atoms with van der Waals surface area (Å²) >= 11 is 0. The van der Waals surface area contributed by atoms with Crippen molar-refractivity contribution in [3.05, 3.63) is 4.91 Å². The van der Waals surface area contributed by atoms with Gasteiger partial charge in [0.25, 0.3) is 0 Å². The lowest BCUT2D eigenvalue weighted by molar-refractivity contribution is 0.170. The van der Waals surface area contributed by atoms with Gasteiger partial charge in [0.2, 0.25) is 0 Å². The molecule has 3 radical (unpaired) electrons. The van der Waals surface area contributed by atoms with Gasteiger partial charge in [-0.15, -0.1) is 4.91 Å². The third kappa shape index (κ3) is 17.5. The van der Waals surface area contributed by atoms with Crippen LogP contribution in [-0.4, -0.2) is 22.6 Å². The van der Waals surface area contributed by atoms with E-state index in [9.17, 15) is 0 Å². The van der Waals surface area contributed by atoms with Crippen LogP contribution in [0.4, 0.5) is 0 Å². The zero-order chi connectivity index (χ0) is 3.41. The quantitative estimate of drug-likeness (QED) is 0.253. The van der Waals surface area contributed by atoms with Gasteiger partial charge >= 0.3 is 0 Å². The van der Waals surface area contributed by atoms with Crippen molar-refractivity contribution in [1.82, 2.24) is 5.59 Å². The third-order valence-electron chi connectivity index (χ3n) is 0.0408. The highest BCUT2D eigenvalue weighted by Gasteiger charge is 1.42. The van der Waals surface area contributed by atoms with Crippen LogP contribution in [0.5, 0.6) is 0 Å². The molecule has 27 valence electrons. The maximum atomic E-state index is 8.56. The van der Waals surface area contributed by atoms with Gasteiger partial charge in [-0.1, -0.05) is 0 Å². The molecule has 5 heteroatoms. The fourth-order valence-electron chi connectivity index (χ4n) is 0. The first-order chi connectivity index (χ1) is 1.91. The molecule has 0 amide bonds. The van der Waals surface area contributed by atoms with Crippen molar-refractivity contribution in [2.24, 2.45) is 5.29 Å². The molecule has 0 aliphatic carbocycles. The van der Waals surface area contributed by atoms with E-state index in [2.05, 4.69) is 0 Å². The van der Waals surface area contributed by atoms with E-state index in [0.717, 1.165) is 5.59 Å². The molecule has 0 atom stereocenters. The topological polar surface area (TPSA) is 61.7 Å². The minimum Gasteiger partial charge on any atom is -0.272 e. The number of hydrogen-bond acceptors (Lipinski definition) is 3. The van der Waals surface area contributed by atoms with Crippen molar-refractivity contribution >= 4 is 17.4 Å². The van der Waals surface area contributed by atoms with Crippen LogP contribution in [0.15, 0.2) is 5.29 Å². The van der Waals surface area contributed by atoms with Gasteiger partial charge < -0.3 is 0 Å². The summed E-state index contributed by atoms with van der Waals surface area (Å²) in [7, 11) is 0. The van der Waals surface area contributed by atoms with E-state index in [1.54, 1.807) is 5.29 Å². The molecule has 0 bridgehead atoms. The van der Waals surface area contributed by atoms with Gasteiger partial charge in [-0.2, -0.15) is 5.59 Å². The van der Waals surface area contributed by atoms with Crippen molar-refractivity contribution in [2.75, 3.05) is 0 Å². The van der Waals surface area contributed by atoms with Crippen LogP contribution in [0.3, 0.4) is 0 Å². The minimum absolute atomic E-state index is 0. The van der Waals surface area contributed by atoms with E-state index in [1.807, 2.05) is 0 Å². The van der Waals surface area contributed by atoms with Gasteiger partial charge in [0.15, 0.2) is 0 Å². The molecule has 0 aromatic heterocycles. The fourth-order valence-corrected chi connectivity index (χ4v) is 0. The zero-order valence-electron chi connectivity index (χ0n) is 2.38. The maximum Gasteiger partial charge on any atom is 0.0759 e. The van der Waals surface area contributed by atoms with Gasteiger partial charge in [-0.3, -0.25) is 5.21 Å². The lowest BCUT2D eigenvalue weighted by Crippen LogP contribution is -1.89. The summed E-state index contributed by atoms with van der Waals surface area (Å²) in [4.78, 5) is 8.56. The molecule has 0 saturated heterocycles. The predicted molar refractivity (Wildman–Crippen MR) is 16.5 cm³/mol. The lowest BCUT2D eigenvalue weighted by Gasteiger charge is -1.62. The Morgan fingerprint density at radius 1 is 1.80 bits per heavy atom. The first kappa shape index (κ1) is 8.86. The van der Waals surface area contributed by atoms with E-state index in [-0.39, 0.29) is 17.4 Å². The predicted octanol–water partition coefficient (Wildman–Crippen LogP) is -0.734. The van der Waals surface area contributed by atoms with Gasteiger partial charge in [0.05, 0.1) is 5.29 Å². The lowest BCUT2D eigenvalue weighted by atomic mass is 12.8. The second-order valence-corrected chi connectivity index (χ2v) is 0.191. The first-order valence-corrected chi connectivity index (χ1v) is 0.630. The summed E-state index contributed by atoms with van der Waals surface area (Å²) < 4.78 is 0. The molecule has 0 rings (SSSR count). The zero-order valence-corrected chi connectivity index (χ0v) is 3.53. The monoisotopic (exact) mass is 89.0 g/mol. The molecule has 0 aliphatic heterocycles. The molecule has 0 heterocycles. The van der Waals surface area contributed by atoms with Crippen LogP contribution in [0, 0.1) is 4.91 Å². The highest BCUT2D eigenvalue weighted by molar-refractivity contribution is 5.75. The van der Waals surface area contributed by atoms with Gasteiger partial charge in [-0.05, 0) is 0 Å². The van der Waals surface area contributed by atoms with Crippen LogP contribution in [0.25, 0.3) is 0 Å². The largest absolute Gasteiger partial charge is 0.272 e. The van der Waals surface area contributed by atoms with Crippen LogP contribution < -0.4 is 5.59 Å². The Morgan fingerprint density at radius 2 is 2.00 bits per heavy atom. The maximum absolute atomic E-state index is 8.56. The second kappa shape index (κ2) is 9.09. The van der Waals surface area contributed by atoms with E-state index in [0.29, 0.717) is 0 Å². The highest BCUT2D eigenvalue weighted by Crippen LogP contribution is 1.30. The van der Waals surface area contributed by atoms with Gasteiger partial charge in [0, 0.05) is 17.4 Å². The van der Waals surface area contributed by atoms with Crippen LogP contribution >= 0.6 is 0 Å². The van der Waals surface area contributed by atoms with Crippen molar-refractivity contribution in [2.45, 2.75) is 0 Å². The number of rotatable bonds is 1. The normalized spacial score (nSPS) is 4.20. The summed E-state index contributed by atoms with van der Waals surface area (Å²) in [6.07, 6.45) is 0. The summed E-state index contributed by atoms with van der Waals surface area (Å²) in [5.41, 5.74) is 1.00. The number of hydrogen-bond donors (Lipinski definition) is 2. The fraction of sp³-hybridized carbons (Fsp3) is 0.